The maximum atomic E-state index is 5.55. The van der Waals surface area contributed by atoms with Gasteiger partial charge in [0.15, 0.2) is 0 Å². The van der Waals surface area contributed by atoms with Crippen molar-refractivity contribution in [1.29, 1.82) is 0 Å². The first-order valence-corrected chi connectivity index (χ1v) is 13.0. The highest BCUT2D eigenvalue weighted by atomic mass is 79.9. The van der Waals surface area contributed by atoms with Gasteiger partial charge in [0, 0.05) is 26.9 Å². The molecule has 0 aliphatic rings. The van der Waals surface area contributed by atoms with Crippen molar-refractivity contribution < 1.29 is 0 Å². The SMILES string of the molecule is CC.CC.ClCCCBr.ClCCCSc1ccccc1.Sc1ccccc1. The first-order valence-electron chi connectivity index (χ1n) is 9.34. The Hall–Kier alpha value is 0.200. The third-order valence-corrected chi connectivity index (χ3v) is 4.81. The molecule has 0 heterocycles. The summed E-state index contributed by atoms with van der Waals surface area (Å²) < 4.78 is 0. The Morgan fingerprint density at radius 1 is 0.778 bits per heavy atom. The van der Waals surface area contributed by atoms with Gasteiger partial charge < -0.3 is 0 Å². The van der Waals surface area contributed by atoms with Crippen LogP contribution in [-0.2, 0) is 0 Å². The van der Waals surface area contributed by atoms with Crippen LogP contribution in [0.3, 0.4) is 0 Å². The minimum atomic E-state index is 0.764. The molecular weight excluding hydrogens is 479 g/mol. The lowest BCUT2D eigenvalue weighted by atomic mass is 10.4. The van der Waals surface area contributed by atoms with Crippen LogP contribution in [0.25, 0.3) is 0 Å². The summed E-state index contributed by atoms with van der Waals surface area (Å²) in [6.07, 6.45) is 2.16. The molecule has 5 heteroatoms. The van der Waals surface area contributed by atoms with Crippen molar-refractivity contribution in [2.24, 2.45) is 0 Å². The molecule has 0 fully saturated rings. The highest BCUT2D eigenvalue weighted by Gasteiger charge is 1.90. The largest absolute Gasteiger partial charge is 0.143 e. The highest BCUT2D eigenvalue weighted by Crippen LogP contribution is 2.17. The van der Waals surface area contributed by atoms with Crippen LogP contribution in [-0.4, -0.2) is 22.8 Å². The van der Waals surface area contributed by atoms with Crippen LogP contribution in [0, 0.1) is 0 Å². The molecule has 0 aliphatic heterocycles. The van der Waals surface area contributed by atoms with Crippen LogP contribution >= 0.6 is 63.5 Å². The fourth-order valence-electron chi connectivity index (χ4n) is 1.24. The average molecular weight is 514 g/mol. The summed E-state index contributed by atoms with van der Waals surface area (Å²) in [4.78, 5) is 2.35. The molecule has 0 saturated heterocycles. The van der Waals surface area contributed by atoms with E-state index in [-0.39, 0.29) is 0 Å². The van der Waals surface area contributed by atoms with Gasteiger partial charge in [0.05, 0.1) is 0 Å². The molecule has 0 radical (unpaired) electrons. The molecule has 0 amide bonds. The molecule has 0 nitrogen and oxygen atoms in total. The molecule has 2 aromatic rings. The van der Waals surface area contributed by atoms with E-state index in [1.165, 1.54) is 4.90 Å². The molecule has 2 aromatic carbocycles. The Kier molecular flexibility index (Phi) is 36.5. The van der Waals surface area contributed by atoms with Crippen molar-refractivity contribution in [3.8, 4) is 0 Å². The van der Waals surface area contributed by atoms with Gasteiger partial charge in [-0.05, 0) is 42.9 Å². The number of alkyl halides is 3. The topological polar surface area (TPSA) is 0 Å². The monoisotopic (exact) mass is 512 g/mol. The zero-order chi connectivity index (χ0) is 21.2. The van der Waals surface area contributed by atoms with E-state index in [1.807, 2.05) is 75.9 Å². The van der Waals surface area contributed by atoms with Crippen molar-refractivity contribution in [2.75, 3.05) is 22.8 Å². The predicted molar refractivity (Wildman–Crippen MR) is 138 cm³/mol. The van der Waals surface area contributed by atoms with Crippen LogP contribution in [0.15, 0.2) is 70.5 Å². The van der Waals surface area contributed by atoms with E-state index in [4.69, 9.17) is 23.2 Å². The summed E-state index contributed by atoms with van der Waals surface area (Å²) in [5.74, 6) is 2.65. The molecule has 156 valence electrons. The van der Waals surface area contributed by atoms with Gasteiger partial charge in [-0.25, -0.2) is 0 Å². The summed E-state index contributed by atoms with van der Waals surface area (Å²) in [5, 5.41) is 1.02. The van der Waals surface area contributed by atoms with Crippen LogP contribution in [0.2, 0.25) is 0 Å². The summed E-state index contributed by atoms with van der Waals surface area (Å²) in [6.45, 7) is 8.00. The van der Waals surface area contributed by atoms with Gasteiger partial charge in [-0.1, -0.05) is 80.0 Å². The molecule has 0 saturated carbocycles. The van der Waals surface area contributed by atoms with Gasteiger partial charge >= 0.3 is 0 Å². The van der Waals surface area contributed by atoms with E-state index in [2.05, 4.69) is 52.8 Å². The fourth-order valence-corrected chi connectivity index (χ4v) is 3.31. The second-order valence-electron chi connectivity index (χ2n) is 4.27. The van der Waals surface area contributed by atoms with Crippen molar-refractivity contribution >= 4 is 63.5 Å². The van der Waals surface area contributed by atoms with Gasteiger partial charge in [0.2, 0.25) is 0 Å². The Labute approximate surface area is 196 Å². The first kappa shape index (κ1) is 31.9. The standard InChI is InChI=1S/C9H11ClS.C6H6S.C3H6BrCl.2C2H6/c10-7-4-8-11-9-5-2-1-3-6-9;7-6-4-2-1-3-5-6;4-2-1-3-5;2*1-2/h1-3,5-6H,4,7-8H2;1-5,7H;1-3H2;2*1-2H3. The third-order valence-electron chi connectivity index (χ3n) is 2.31. The number of thioether (sulfide) groups is 1. The normalized spacial score (nSPS) is 8.30. The Balaban J connectivity index is -0.000000312. The smallest absolute Gasteiger partial charge is 0.0231 e. The van der Waals surface area contributed by atoms with Gasteiger partial charge in [-0.3, -0.25) is 0 Å². The summed E-state index contributed by atoms with van der Waals surface area (Å²) in [7, 11) is 0. The number of thiol groups is 1. The van der Waals surface area contributed by atoms with Crippen molar-refractivity contribution in [1.82, 2.24) is 0 Å². The average Bonchev–Trinajstić information content (AvgIpc) is 2.74. The van der Waals surface area contributed by atoms with E-state index < -0.39 is 0 Å². The minimum absolute atomic E-state index is 0.764. The van der Waals surface area contributed by atoms with Crippen molar-refractivity contribution in [3.05, 3.63) is 60.7 Å². The van der Waals surface area contributed by atoms with Gasteiger partial charge in [0.1, 0.15) is 0 Å². The summed E-state index contributed by atoms with van der Waals surface area (Å²) in [6, 6.07) is 20.2. The number of benzene rings is 2. The Bertz CT molecular complexity index is 454. The highest BCUT2D eigenvalue weighted by molar-refractivity contribution is 9.09. The van der Waals surface area contributed by atoms with Crippen LogP contribution < -0.4 is 0 Å². The Morgan fingerprint density at radius 3 is 1.52 bits per heavy atom. The molecule has 27 heavy (non-hydrogen) atoms. The maximum Gasteiger partial charge on any atom is 0.0231 e. The molecule has 0 atom stereocenters. The molecule has 0 N–H and O–H groups in total. The van der Waals surface area contributed by atoms with Gasteiger partial charge in [-0.2, -0.15) is 0 Å². The number of rotatable bonds is 6. The molecular formula is C22H35BrCl2S2. The zero-order valence-electron chi connectivity index (χ0n) is 17.0. The maximum absolute atomic E-state index is 5.55. The lowest BCUT2D eigenvalue weighted by Crippen LogP contribution is -1.79. The van der Waals surface area contributed by atoms with Gasteiger partial charge in [0.25, 0.3) is 0 Å². The number of hydrogen-bond donors (Lipinski definition) is 1. The van der Waals surface area contributed by atoms with Gasteiger partial charge in [-0.15, -0.1) is 47.6 Å². The lowest BCUT2D eigenvalue weighted by molar-refractivity contribution is 1.11. The van der Waals surface area contributed by atoms with Crippen molar-refractivity contribution in [2.45, 2.75) is 50.3 Å². The molecule has 0 aromatic heterocycles. The molecule has 0 spiro atoms. The number of hydrogen-bond acceptors (Lipinski definition) is 2. The van der Waals surface area contributed by atoms with Crippen LogP contribution in [0.5, 0.6) is 0 Å². The van der Waals surface area contributed by atoms with E-state index in [1.54, 1.807) is 0 Å². The third kappa shape index (κ3) is 28.5. The van der Waals surface area contributed by atoms with Crippen molar-refractivity contribution in [3.63, 3.8) is 0 Å². The van der Waals surface area contributed by atoms with Crippen LogP contribution in [0.4, 0.5) is 0 Å². The molecule has 2 rings (SSSR count). The summed E-state index contributed by atoms with van der Waals surface area (Å²) in [5.41, 5.74) is 0. The van der Waals surface area contributed by atoms with E-state index in [0.717, 1.165) is 40.6 Å². The van der Waals surface area contributed by atoms with Crippen LogP contribution in [0.1, 0.15) is 40.5 Å². The van der Waals surface area contributed by atoms with E-state index >= 15 is 0 Å². The quantitative estimate of drug-likeness (QED) is 0.173. The fraction of sp³-hybridized carbons (Fsp3) is 0.455. The Morgan fingerprint density at radius 2 is 1.22 bits per heavy atom. The minimum Gasteiger partial charge on any atom is -0.143 e. The number of halogens is 3. The lowest BCUT2D eigenvalue weighted by Gasteiger charge is -1.97. The zero-order valence-corrected chi connectivity index (χ0v) is 21.8. The van der Waals surface area contributed by atoms with E-state index in [0.29, 0.717) is 0 Å². The molecule has 0 bridgehead atoms. The van der Waals surface area contributed by atoms with E-state index in [9.17, 15) is 0 Å². The molecule has 0 unspecified atom stereocenters. The molecule has 0 aliphatic carbocycles. The predicted octanol–water partition coefficient (Wildman–Crippen LogP) is 9.45. The second-order valence-corrected chi connectivity index (χ2v) is 7.50. The first-order chi connectivity index (χ1) is 13.2. The summed E-state index contributed by atoms with van der Waals surface area (Å²) >= 11 is 20.0. The second kappa shape index (κ2) is 30.9.